The lowest BCUT2D eigenvalue weighted by atomic mass is 10.2. The van der Waals surface area contributed by atoms with E-state index in [1.807, 2.05) is 4.90 Å². The number of rotatable bonds is 3. The van der Waals surface area contributed by atoms with E-state index in [1.165, 1.54) is 6.26 Å². The van der Waals surface area contributed by atoms with Gasteiger partial charge in [0, 0.05) is 24.8 Å². The Bertz CT molecular complexity index is 762. The molecule has 1 aliphatic heterocycles. The molecule has 0 spiro atoms. The van der Waals surface area contributed by atoms with Gasteiger partial charge in [-0.15, -0.1) is 0 Å². The third kappa shape index (κ3) is 3.68. The largest absolute Gasteiger partial charge is 0.457 e. The molecule has 2 heterocycles. The number of hydrogen-bond donors (Lipinski definition) is 2. The molecule has 120 valence electrons. The Morgan fingerprint density at radius 2 is 2.22 bits per heavy atom. The van der Waals surface area contributed by atoms with Crippen molar-refractivity contribution < 1.29 is 14.0 Å². The summed E-state index contributed by atoms with van der Waals surface area (Å²) in [5, 5.41) is 5.99. The van der Waals surface area contributed by atoms with Gasteiger partial charge < -0.3 is 20.0 Å². The lowest BCUT2D eigenvalue weighted by molar-refractivity contribution is -0.120. The van der Waals surface area contributed by atoms with E-state index in [-0.39, 0.29) is 18.4 Å². The number of benzene rings is 1. The standard InChI is InChI=1S/C15H13BrClN3O3/c16-13-5-9(8-23-13)15(22)19-10-1-2-12(11(17)6-10)20-4-3-18-14(21)7-20/h1-2,5-6,8H,3-4,7H2,(H,18,21)(H,19,22). The van der Waals surface area contributed by atoms with Gasteiger partial charge in [-0.25, -0.2) is 0 Å². The highest BCUT2D eigenvalue weighted by molar-refractivity contribution is 9.10. The van der Waals surface area contributed by atoms with Crippen LogP contribution in [-0.4, -0.2) is 31.4 Å². The fourth-order valence-electron chi connectivity index (χ4n) is 2.32. The molecule has 0 atom stereocenters. The van der Waals surface area contributed by atoms with Crippen LogP contribution < -0.4 is 15.5 Å². The van der Waals surface area contributed by atoms with Crippen LogP contribution in [0.4, 0.5) is 11.4 Å². The zero-order chi connectivity index (χ0) is 16.4. The molecule has 0 saturated carbocycles. The molecule has 1 saturated heterocycles. The number of nitrogens with zero attached hydrogens (tertiary/aromatic N) is 1. The van der Waals surface area contributed by atoms with Gasteiger partial charge in [0.1, 0.15) is 6.26 Å². The molecule has 1 aromatic carbocycles. The molecular formula is C15H13BrClN3O3. The second kappa shape index (κ2) is 6.64. The minimum atomic E-state index is -0.291. The summed E-state index contributed by atoms with van der Waals surface area (Å²) in [6, 6.07) is 6.79. The van der Waals surface area contributed by atoms with Gasteiger partial charge in [0.05, 0.1) is 22.8 Å². The second-order valence-corrected chi connectivity index (χ2v) is 6.22. The van der Waals surface area contributed by atoms with Gasteiger partial charge in [-0.2, -0.15) is 0 Å². The molecule has 2 N–H and O–H groups in total. The quantitative estimate of drug-likeness (QED) is 0.834. The van der Waals surface area contributed by atoms with Crippen molar-refractivity contribution in [1.82, 2.24) is 5.32 Å². The average Bonchev–Trinajstić information content (AvgIpc) is 2.94. The monoisotopic (exact) mass is 397 g/mol. The maximum absolute atomic E-state index is 12.1. The zero-order valence-corrected chi connectivity index (χ0v) is 14.3. The summed E-state index contributed by atoms with van der Waals surface area (Å²) >= 11 is 9.44. The predicted octanol–water partition coefficient (Wildman–Crippen LogP) is 2.88. The maximum atomic E-state index is 12.1. The first kappa shape index (κ1) is 15.9. The first-order chi connectivity index (χ1) is 11.0. The van der Waals surface area contributed by atoms with Gasteiger partial charge in [-0.1, -0.05) is 11.6 Å². The third-order valence-electron chi connectivity index (χ3n) is 3.41. The molecule has 8 heteroatoms. The Morgan fingerprint density at radius 1 is 1.39 bits per heavy atom. The average molecular weight is 399 g/mol. The molecule has 2 aromatic rings. The lowest BCUT2D eigenvalue weighted by Gasteiger charge is -2.29. The van der Waals surface area contributed by atoms with Gasteiger partial charge >= 0.3 is 0 Å². The normalized spacial score (nSPS) is 14.5. The van der Waals surface area contributed by atoms with E-state index in [4.69, 9.17) is 16.0 Å². The number of furan rings is 1. The fourth-order valence-corrected chi connectivity index (χ4v) is 2.96. The van der Waals surface area contributed by atoms with Crippen LogP contribution in [0.25, 0.3) is 0 Å². The van der Waals surface area contributed by atoms with Crippen molar-refractivity contribution in [3.63, 3.8) is 0 Å². The summed E-state index contributed by atoms with van der Waals surface area (Å²) < 4.78 is 5.53. The van der Waals surface area contributed by atoms with Gasteiger partial charge in [-0.3, -0.25) is 9.59 Å². The van der Waals surface area contributed by atoms with E-state index in [2.05, 4.69) is 26.6 Å². The van der Waals surface area contributed by atoms with Crippen molar-refractivity contribution in [2.45, 2.75) is 0 Å². The predicted molar refractivity (Wildman–Crippen MR) is 91.0 cm³/mol. The molecule has 1 aliphatic rings. The van der Waals surface area contributed by atoms with E-state index in [9.17, 15) is 9.59 Å². The van der Waals surface area contributed by atoms with Gasteiger partial charge in [0.25, 0.3) is 5.91 Å². The summed E-state index contributed by atoms with van der Waals surface area (Å²) in [4.78, 5) is 25.4. The highest BCUT2D eigenvalue weighted by Gasteiger charge is 2.19. The third-order valence-corrected chi connectivity index (χ3v) is 4.13. The second-order valence-electron chi connectivity index (χ2n) is 5.03. The number of carbonyl (C=O) groups excluding carboxylic acids is 2. The number of anilines is 2. The summed E-state index contributed by atoms with van der Waals surface area (Å²) in [7, 11) is 0. The highest BCUT2D eigenvalue weighted by atomic mass is 79.9. The van der Waals surface area contributed by atoms with E-state index >= 15 is 0 Å². The molecule has 1 aromatic heterocycles. The molecule has 0 unspecified atom stereocenters. The van der Waals surface area contributed by atoms with Crippen LogP contribution in [0.3, 0.4) is 0 Å². The Kier molecular flexibility index (Phi) is 4.58. The van der Waals surface area contributed by atoms with Crippen molar-refractivity contribution >= 4 is 50.7 Å². The summed E-state index contributed by atoms with van der Waals surface area (Å²) in [5.74, 6) is -0.323. The molecule has 6 nitrogen and oxygen atoms in total. The van der Waals surface area contributed by atoms with Gasteiger partial charge in [-0.05, 0) is 34.1 Å². The SMILES string of the molecule is O=C1CN(c2ccc(NC(=O)c3coc(Br)c3)cc2Cl)CCN1. The Morgan fingerprint density at radius 3 is 2.87 bits per heavy atom. The van der Waals surface area contributed by atoms with E-state index in [0.717, 1.165) is 5.69 Å². The first-order valence-corrected chi connectivity index (χ1v) is 8.06. The molecular weight excluding hydrogens is 386 g/mol. The van der Waals surface area contributed by atoms with Crippen LogP contribution in [0.2, 0.25) is 5.02 Å². The van der Waals surface area contributed by atoms with Crippen molar-refractivity contribution in [3.8, 4) is 0 Å². The fraction of sp³-hybridized carbons (Fsp3) is 0.200. The first-order valence-electron chi connectivity index (χ1n) is 6.89. The molecule has 3 rings (SSSR count). The summed E-state index contributed by atoms with van der Waals surface area (Å²) in [6.07, 6.45) is 1.36. The number of piperazine rings is 1. The molecule has 23 heavy (non-hydrogen) atoms. The van der Waals surface area contributed by atoms with Crippen LogP contribution in [-0.2, 0) is 4.79 Å². The Balaban J connectivity index is 1.74. The van der Waals surface area contributed by atoms with Gasteiger partial charge in [0.15, 0.2) is 4.67 Å². The number of halogens is 2. The number of hydrogen-bond acceptors (Lipinski definition) is 4. The van der Waals surface area contributed by atoms with Crippen molar-refractivity contribution in [2.24, 2.45) is 0 Å². The van der Waals surface area contributed by atoms with Crippen LogP contribution in [0.15, 0.2) is 39.6 Å². The van der Waals surface area contributed by atoms with Gasteiger partial charge in [0.2, 0.25) is 5.91 Å². The summed E-state index contributed by atoms with van der Waals surface area (Å²) in [5.41, 5.74) is 1.75. The lowest BCUT2D eigenvalue weighted by Crippen LogP contribution is -2.47. The molecule has 0 radical (unpaired) electrons. The van der Waals surface area contributed by atoms with E-state index in [0.29, 0.717) is 34.0 Å². The number of amides is 2. The molecule has 0 bridgehead atoms. The Labute approximate surface area is 145 Å². The van der Waals surface area contributed by atoms with E-state index < -0.39 is 0 Å². The molecule has 2 amide bonds. The summed E-state index contributed by atoms with van der Waals surface area (Å²) in [6.45, 7) is 1.55. The van der Waals surface area contributed by atoms with Crippen molar-refractivity contribution in [2.75, 3.05) is 29.9 Å². The molecule has 0 aliphatic carbocycles. The van der Waals surface area contributed by atoms with Crippen LogP contribution in [0.5, 0.6) is 0 Å². The van der Waals surface area contributed by atoms with Crippen LogP contribution in [0, 0.1) is 0 Å². The topological polar surface area (TPSA) is 74.6 Å². The van der Waals surface area contributed by atoms with Crippen LogP contribution >= 0.6 is 27.5 Å². The van der Waals surface area contributed by atoms with Crippen molar-refractivity contribution in [3.05, 3.63) is 45.8 Å². The van der Waals surface area contributed by atoms with Crippen molar-refractivity contribution in [1.29, 1.82) is 0 Å². The smallest absolute Gasteiger partial charge is 0.258 e. The van der Waals surface area contributed by atoms with E-state index in [1.54, 1.807) is 24.3 Å². The Hall–Kier alpha value is -1.99. The number of nitrogens with one attached hydrogen (secondary N) is 2. The number of carbonyl (C=O) groups is 2. The minimum absolute atomic E-state index is 0.0322. The molecule has 1 fully saturated rings. The highest BCUT2D eigenvalue weighted by Crippen LogP contribution is 2.29. The van der Waals surface area contributed by atoms with Crippen LogP contribution in [0.1, 0.15) is 10.4 Å². The maximum Gasteiger partial charge on any atom is 0.258 e. The minimum Gasteiger partial charge on any atom is -0.457 e. The zero-order valence-electron chi connectivity index (χ0n) is 11.9.